The van der Waals surface area contributed by atoms with Crippen LogP contribution < -0.4 is 0 Å². The third kappa shape index (κ3) is 2.86. The van der Waals surface area contributed by atoms with Crippen molar-refractivity contribution in [2.75, 3.05) is 7.09 Å². The number of aliphatic hydroxyl groups excluding tert-OH is 3. The fourth-order valence-corrected chi connectivity index (χ4v) is 0.698. The van der Waals surface area contributed by atoms with E-state index >= 15 is 0 Å². The van der Waals surface area contributed by atoms with E-state index in [1.807, 2.05) is 0 Å². The molecule has 72 valence electrons. The molecule has 0 aromatic heterocycles. The Bertz CT molecular complexity index is 152. The third-order valence-electron chi connectivity index (χ3n) is 1.51. The number of methoxy groups -OCH3 is 1. The standard InChI is InChI=1S/C7H14O5/c1-4(9)6(10)7(11)5(3-8)12-2/h3-7,9-11H,1-2H3/t4-,5+,6+,7-/m0/s1/i2D. The molecule has 0 spiro atoms. The Kier molecular flexibility index (Phi) is 4.16. The maximum atomic E-state index is 10.3. The van der Waals surface area contributed by atoms with Crippen LogP contribution >= 0.6 is 0 Å². The van der Waals surface area contributed by atoms with E-state index < -0.39 is 31.5 Å². The van der Waals surface area contributed by atoms with Crippen LogP contribution in [0.1, 0.15) is 8.29 Å². The van der Waals surface area contributed by atoms with Gasteiger partial charge in [-0.15, -0.1) is 0 Å². The molecule has 5 heteroatoms. The summed E-state index contributed by atoms with van der Waals surface area (Å²) in [5.41, 5.74) is 0. The van der Waals surface area contributed by atoms with E-state index in [9.17, 15) is 9.90 Å². The first-order valence-corrected chi connectivity index (χ1v) is 3.45. The molecule has 4 atom stereocenters. The molecular formula is C7H14O5. The minimum atomic E-state index is -1.51. The second kappa shape index (κ2) is 5.21. The zero-order chi connectivity index (χ0) is 10.4. The monoisotopic (exact) mass is 179 g/mol. The first kappa shape index (κ1) is 9.60. The Morgan fingerprint density at radius 3 is 2.33 bits per heavy atom. The Balaban J connectivity index is 4.17. The lowest BCUT2D eigenvalue weighted by Gasteiger charge is -2.23. The van der Waals surface area contributed by atoms with Crippen molar-refractivity contribution in [3.63, 3.8) is 0 Å². The van der Waals surface area contributed by atoms with Gasteiger partial charge in [-0.3, -0.25) is 0 Å². The molecule has 0 amide bonds. The van der Waals surface area contributed by atoms with Crippen molar-refractivity contribution in [1.82, 2.24) is 0 Å². The molecule has 0 aliphatic carbocycles. The largest absolute Gasteiger partial charge is 0.391 e. The SMILES string of the molecule is [2H]CO[C@H](C=O)[C@H](O)[C@H](O)[C@H](C)O. The van der Waals surface area contributed by atoms with Gasteiger partial charge in [0.1, 0.15) is 18.3 Å². The summed E-state index contributed by atoms with van der Waals surface area (Å²) in [6, 6.07) is 0. The second-order valence-corrected chi connectivity index (χ2v) is 2.49. The predicted molar refractivity (Wildman–Crippen MR) is 40.6 cm³/mol. The van der Waals surface area contributed by atoms with Gasteiger partial charge in [0.25, 0.3) is 0 Å². The number of hydrogen-bond acceptors (Lipinski definition) is 5. The minimum absolute atomic E-state index is 0.283. The Morgan fingerprint density at radius 2 is 2.00 bits per heavy atom. The van der Waals surface area contributed by atoms with Crippen molar-refractivity contribution >= 4 is 6.29 Å². The van der Waals surface area contributed by atoms with Crippen molar-refractivity contribution in [3.05, 3.63) is 0 Å². The van der Waals surface area contributed by atoms with E-state index in [1.54, 1.807) is 0 Å². The van der Waals surface area contributed by atoms with Crippen molar-refractivity contribution in [3.8, 4) is 0 Å². The number of carbonyl (C=O) groups excluding carboxylic acids is 1. The van der Waals surface area contributed by atoms with Crippen LogP contribution in [0, 0.1) is 0 Å². The fourth-order valence-electron chi connectivity index (χ4n) is 0.698. The molecule has 0 aliphatic rings. The number of carbonyl (C=O) groups is 1. The molecule has 0 saturated carbocycles. The summed E-state index contributed by atoms with van der Waals surface area (Å²) in [6.07, 6.45) is -5.12. The minimum Gasteiger partial charge on any atom is -0.391 e. The highest BCUT2D eigenvalue weighted by atomic mass is 16.5. The van der Waals surface area contributed by atoms with Crippen LogP contribution in [0.3, 0.4) is 0 Å². The van der Waals surface area contributed by atoms with Crippen molar-refractivity contribution in [2.24, 2.45) is 0 Å². The van der Waals surface area contributed by atoms with Gasteiger partial charge in [-0.1, -0.05) is 0 Å². The smallest absolute Gasteiger partial charge is 0.151 e. The lowest BCUT2D eigenvalue weighted by Crippen LogP contribution is -2.44. The van der Waals surface area contributed by atoms with Gasteiger partial charge in [0.2, 0.25) is 0 Å². The Labute approximate surface area is 72.0 Å². The zero-order valence-electron chi connectivity index (χ0n) is 7.75. The molecule has 0 saturated heterocycles. The molecule has 0 aromatic carbocycles. The molecule has 0 radical (unpaired) electrons. The molecule has 5 nitrogen and oxygen atoms in total. The molecular weight excluding hydrogens is 164 g/mol. The van der Waals surface area contributed by atoms with E-state index in [0.717, 1.165) is 0 Å². The zero-order valence-corrected chi connectivity index (χ0v) is 6.75. The van der Waals surface area contributed by atoms with Crippen molar-refractivity contribution < 1.29 is 26.2 Å². The van der Waals surface area contributed by atoms with E-state index in [2.05, 4.69) is 4.74 Å². The quantitative estimate of drug-likeness (QED) is 0.438. The summed E-state index contributed by atoms with van der Waals surface area (Å²) < 4.78 is 11.1. The number of aliphatic hydroxyl groups is 3. The highest BCUT2D eigenvalue weighted by Crippen LogP contribution is 2.05. The summed E-state index contributed by atoms with van der Waals surface area (Å²) in [6.45, 7) is 1.27. The number of hydrogen-bond donors (Lipinski definition) is 3. The summed E-state index contributed by atoms with van der Waals surface area (Å²) in [4.78, 5) is 10.3. The van der Waals surface area contributed by atoms with E-state index in [-0.39, 0.29) is 6.29 Å². The molecule has 0 bridgehead atoms. The molecule has 12 heavy (non-hydrogen) atoms. The summed E-state index contributed by atoms with van der Waals surface area (Å²) >= 11 is 0. The number of aldehydes is 1. The highest BCUT2D eigenvalue weighted by molar-refractivity contribution is 5.57. The molecule has 0 rings (SSSR count). The lowest BCUT2D eigenvalue weighted by molar-refractivity contribution is -0.136. The molecule has 0 aliphatic heterocycles. The molecule has 0 fully saturated rings. The summed E-state index contributed by atoms with van der Waals surface area (Å²) in [7, 11) is -0.493. The second-order valence-electron chi connectivity index (χ2n) is 2.49. The van der Waals surface area contributed by atoms with Gasteiger partial charge in [-0.05, 0) is 6.92 Å². The third-order valence-corrected chi connectivity index (χ3v) is 1.51. The molecule has 0 aromatic rings. The van der Waals surface area contributed by atoms with Crippen LogP contribution in [0.5, 0.6) is 0 Å². The van der Waals surface area contributed by atoms with Gasteiger partial charge < -0.3 is 24.9 Å². The molecule has 0 unspecified atom stereocenters. The van der Waals surface area contributed by atoms with Gasteiger partial charge in [-0.2, -0.15) is 0 Å². The van der Waals surface area contributed by atoms with Crippen molar-refractivity contribution in [2.45, 2.75) is 31.3 Å². The highest BCUT2D eigenvalue weighted by Gasteiger charge is 2.28. The van der Waals surface area contributed by atoms with E-state index in [0.29, 0.717) is 0 Å². The average molecular weight is 179 g/mol. The van der Waals surface area contributed by atoms with Crippen LogP contribution in [-0.4, -0.2) is 53.1 Å². The Hall–Kier alpha value is -0.490. The van der Waals surface area contributed by atoms with Crippen LogP contribution in [0.15, 0.2) is 0 Å². The fraction of sp³-hybridized carbons (Fsp3) is 0.857. The predicted octanol–water partition coefficient (Wildman–Crippen LogP) is -1.70. The number of ether oxygens (including phenoxy) is 1. The maximum Gasteiger partial charge on any atom is 0.151 e. The normalized spacial score (nSPS) is 22.2. The van der Waals surface area contributed by atoms with Gasteiger partial charge in [-0.25, -0.2) is 0 Å². The Morgan fingerprint density at radius 1 is 1.42 bits per heavy atom. The van der Waals surface area contributed by atoms with Gasteiger partial charge >= 0.3 is 0 Å². The van der Waals surface area contributed by atoms with Gasteiger partial charge in [0, 0.05) is 7.09 Å². The molecule has 3 N–H and O–H groups in total. The van der Waals surface area contributed by atoms with E-state index in [1.165, 1.54) is 6.92 Å². The van der Waals surface area contributed by atoms with Gasteiger partial charge in [0.05, 0.1) is 7.47 Å². The van der Waals surface area contributed by atoms with E-state index in [4.69, 9.17) is 11.6 Å². The first-order valence-electron chi connectivity index (χ1n) is 4.15. The van der Waals surface area contributed by atoms with Crippen LogP contribution in [0.25, 0.3) is 0 Å². The van der Waals surface area contributed by atoms with Crippen LogP contribution in [-0.2, 0) is 9.53 Å². The average Bonchev–Trinajstić information content (AvgIpc) is 2.11. The summed E-state index contributed by atoms with van der Waals surface area (Å²) in [5.74, 6) is 0. The topological polar surface area (TPSA) is 87.0 Å². The maximum absolute atomic E-state index is 10.3. The summed E-state index contributed by atoms with van der Waals surface area (Å²) in [5, 5.41) is 27.2. The number of rotatable bonds is 5. The van der Waals surface area contributed by atoms with Crippen LogP contribution in [0.2, 0.25) is 0 Å². The molecule has 0 heterocycles. The van der Waals surface area contributed by atoms with Crippen LogP contribution in [0.4, 0.5) is 0 Å². The first-order chi connectivity index (χ1) is 6.04. The van der Waals surface area contributed by atoms with Crippen molar-refractivity contribution in [1.29, 1.82) is 0 Å². The van der Waals surface area contributed by atoms with Gasteiger partial charge in [0.15, 0.2) is 6.29 Å². The lowest BCUT2D eigenvalue weighted by atomic mass is 10.1.